The number of hydrazone groups is 1. The molecule has 0 aromatic heterocycles. The molecule has 0 aliphatic heterocycles. The molecule has 4 aromatic carbocycles. The number of nitrogens with zero attached hydrogens (tertiary/aromatic N) is 1. The average molecular weight is 555 g/mol. The average Bonchev–Trinajstić information content (AvgIpc) is 2.93. The van der Waals surface area contributed by atoms with Gasteiger partial charge in [-0.3, -0.25) is 4.79 Å². The van der Waals surface area contributed by atoms with Crippen LogP contribution in [0.2, 0.25) is 0 Å². The maximum absolute atomic E-state index is 12.5. The number of esters is 1. The van der Waals surface area contributed by atoms with Crippen LogP contribution in [0.4, 0.5) is 0 Å². The molecular formula is C30H23BrN2O4. The number of amides is 1. The maximum Gasteiger partial charge on any atom is 0.336 e. The van der Waals surface area contributed by atoms with E-state index in [4.69, 9.17) is 9.47 Å². The molecule has 0 aliphatic carbocycles. The molecule has 0 fully saturated rings. The maximum atomic E-state index is 12.5. The number of benzene rings is 4. The fraction of sp³-hybridized carbons (Fsp3) is 0.0333. The van der Waals surface area contributed by atoms with Crippen molar-refractivity contribution in [1.29, 1.82) is 0 Å². The molecule has 0 saturated carbocycles. The number of carbonyl (C=O) groups is 2. The van der Waals surface area contributed by atoms with Crippen LogP contribution < -0.4 is 14.9 Å². The van der Waals surface area contributed by atoms with Crippen molar-refractivity contribution in [2.24, 2.45) is 5.10 Å². The van der Waals surface area contributed by atoms with Crippen LogP contribution in [0.25, 0.3) is 6.08 Å². The highest BCUT2D eigenvalue weighted by Crippen LogP contribution is 2.22. The van der Waals surface area contributed by atoms with Gasteiger partial charge < -0.3 is 9.47 Å². The van der Waals surface area contributed by atoms with Crippen molar-refractivity contribution in [2.75, 3.05) is 0 Å². The third-order valence-electron chi connectivity index (χ3n) is 5.13. The summed E-state index contributed by atoms with van der Waals surface area (Å²) in [6.45, 7) is 0.443. The Labute approximate surface area is 223 Å². The molecular weight excluding hydrogens is 532 g/mol. The van der Waals surface area contributed by atoms with E-state index in [2.05, 4.69) is 26.5 Å². The van der Waals surface area contributed by atoms with Crippen LogP contribution in [0.15, 0.2) is 119 Å². The highest BCUT2D eigenvalue weighted by atomic mass is 79.9. The molecule has 1 N–H and O–H groups in total. The van der Waals surface area contributed by atoms with Gasteiger partial charge in [-0.15, -0.1) is 0 Å². The van der Waals surface area contributed by atoms with Crippen LogP contribution >= 0.6 is 15.9 Å². The number of halogens is 1. The molecule has 4 rings (SSSR count). The summed E-state index contributed by atoms with van der Waals surface area (Å²) in [4.78, 5) is 24.8. The smallest absolute Gasteiger partial charge is 0.336 e. The summed E-state index contributed by atoms with van der Waals surface area (Å²) in [7, 11) is 0. The highest BCUT2D eigenvalue weighted by Gasteiger charge is 2.08. The molecule has 1 amide bonds. The van der Waals surface area contributed by atoms with Crippen molar-refractivity contribution in [3.8, 4) is 11.5 Å². The van der Waals surface area contributed by atoms with Crippen LogP contribution in [-0.2, 0) is 11.4 Å². The third-order valence-corrected chi connectivity index (χ3v) is 5.62. The molecule has 184 valence electrons. The number of nitrogens with one attached hydrogen (secondary N) is 1. The Bertz CT molecular complexity index is 1400. The summed E-state index contributed by atoms with van der Waals surface area (Å²) < 4.78 is 12.0. The topological polar surface area (TPSA) is 77.0 Å². The van der Waals surface area contributed by atoms with Gasteiger partial charge in [0.25, 0.3) is 5.91 Å². The third kappa shape index (κ3) is 8.02. The molecule has 0 aliphatic rings. The van der Waals surface area contributed by atoms with E-state index in [9.17, 15) is 9.59 Å². The van der Waals surface area contributed by atoms with Crippen LogP contribution in [0.3, 0.4) is 0 Å². The largest absolute Gasteiger partial charge is 0.489 e. The van der Waals surface area contributed by atoms with Gasteiger partial charge in [-0.05, 0) is 59.7 Å². The number of hydrogen-bond donors (Lipinski definition) is 1. The van der Waals surface area contributed by atoms with E-state index in [1.165, 1.54) is 12.3 Å². The molecule has 0 heterocycles. The fourth-order valence-corrected chi connectivity index (χ4v) is 3.63. The number of carbonyl (C=O) groups excluding carboxylic acids is 2. The lowest BCUT2D eigenvalue weighted by atomic mass is 10.2. The van der Waals surface area contributed by atoms with Crippen LogP contribution in [0.1, 0.15) is 27.0 Å². The van der Waals surface area contributed by atoms with Crippen LogP contribution in [0.5, 0.6) is 11.5 Å². The molecule has 0 saturated heterocycles. The Morgan fingerprint density at radius 2 is 1.57 bits per heavy atom. The molecule has 0 spiro atoms. The Hall–Kier alpha value is -4.49. The second-order valence-electron chi connectivity index (χ2n) is 7.85. The van der Waals surface area contributed by atoms with Gasteiger partial charge in [-0.25, -0.2) is 10.2 Å². The van der Waals surface area contributed by atoms with E-state index in [0.29, 0.717) is 29.2 Å². The first-order valence-electron chi connectivity index (χ1n) is 11.4. The first-order valence-corrected chi connectivity index (χ1v) is 12.2. The first kappa shape index (κ1) is 25.6. The van der Waals surface area contributed by atoms with Gasteiger partial charge in [-0.2, -0.15) is 5.10 Å². The lowest BCUT2D eigenvalue weighted by Gasteiger charge is -2.07. The summed E-state index contributed by atoms with van der Waals surface area (Å²) in [5.74, 6) is 0.0549. The molecule has 0 atom stereocenters. The lowest BCUT2D eigenvalue weighted by Crippen LogP contribution is -2.17. The van der Waals surface area contributed by atoms with E-state index >= 15 is 0 Å². The quantitative estimate of drug-likeness (QED) is 0.0852. The fourth-order valence-electron chi connectivity index (χ4n) is 3.25. The minimum Gasteiger partial charge on any atom is -0.489 e. The van der Waals surface area contributed by atoms with Crippen molar-refractivity contribution in [1.82, 2.24) is 5.43 Å². The van der Waals surface area contributed by atoms with Crippen molar-refractivity contribution < 1.29 is 19.1 Å². The summed E-state index contributed by atoms with van der Waals surface area (Å²) in [5.41, 5.74) is 5.38. The van der Waals surface area contributed by atoms with Gasteiger partial charge in [0, 0.05) is 21.7 Å². The minimum absolute atomic E-state index is 0.309. The van der Waals surface area contributed by atoms with Gasteiger partial charge in [0.15, 0.2) is 0 Å². The number of rotatable bonds is 9. The van der Waals surface area contributed by atoms with Crippen LogP contribution in [0, 0.1) is 0 Å². The molecule has 37 heavy (non-hydrogen) atoms. The Kier molecular flexibility index (Phi) is 8.99. The molecule has 7 heteroatoms. The van der Waals surface area contributed by atoms with Gasteiger partial charge >= 0.3 is 5.97 Å². The summed E-state index contributed by atoms with van der Waals surface area (Å²) >= 11 is 3.40. The molecule has 4 aromatic rings. The second-order valence-corrected chi connectivity index (χ2v) is 8.76. The predicted octanol–water partition coefficient (Wildman–Crippen LogP) is 6.41. The Morgan fingerprint density at radius 1 is 0.865 bits per heavy atom. The predicted molar refractivity (Wildman–Crippen MR) is 148 cm³/mol. The van der Waals surface area contributed by atoms with E-state index in [-0.39, 0.29) is 5.91 Å². The van der Waals surface area contributed by atoms with Gasteiger partial charge in [-0.1, -0.05) is 76.6 Å². The zero-order valence-electron chi connectivity index (χ0n) is 19.7. The molecule has 6 nitrogen and oxygen atoms in total. The van der Waals surface area contributed by atoms with E-state index in [1.807, 2.05) is 60.7 Å². The Morgan fingerprint density at radius 3 is 2.30 bits per heavy atom. The van der Waals surface area contributed by atoms with E-state index in [0.717, 1.165) is 15.6 Å². The SMILES string of the molecule is O=C(/C=C/c1ccccc1)Oc1ccc(Br)cc1/C=N/NC(=O)c1ccc(OCc2ccccc2)cc1. The molecule has 0 bridgehead atoms. The van der Waals surface area contributed by atoms with Crippen molar-refractivity contribution in [3.05, 3.63) is 136 Å². The second kappa shape index (κ2) is 13.0. The number of hydrogen-bond acceptors (Lipinski definition) is 5. The van der Waals surface area contributed by atoms with E-state index in [1.54, 1.807) is 48.5 Å². The van der Waals surface area contributed by atoms with Crippen molar-refractivity contribution >= 4 is 40.1 Å². The standard InChI is InChI=1S/C30H23BrN2O4/c31-26-14-17-28(37-29(34)18-11-22-7-3-1-4-8-22)25(19-26)20-32-33-30(35)24-12-15-27(16-13-24)36-21-23-9-5-2-6-10-23/h1-20H,21H2,(H,33,35)/b18-11+,32-20+. The summed E-state index contributed by atoms with van der Waals surface area (Å²) in [5, 5.41) is 4.03. The zero-order chi connectivity index (χ0) is 25.9. The monoisotopic (exact) mass is 554 g/mol. The number of ether oxygens (including phenoxy) is 2. The van der Waals surface area contributed by atoms with Gasteiger partial charge in [0.05, 0.1) is 6.21 Å². The summed E-state index contributed by atoms with van der Waals surface area (Å²) in [6, 6.07) is 31.2. The zero-order valence-corrected chi connectivity index (χ0v) is 21.3. The van der Waals surface area contributed by atoms with Crippen LogP contribution in [-0.4, -0.2) is 18.1 Å². The van der Waals surface area contributed by atoms with E-state index < -0.39 is 5.97 Å². The lowest BCUT2D eigenvalue weighted by molar-refractivity contribution is -0.128. The molecule has 0 unspecified atom stereocenters. The molecule has 0 radical (unpaired) electrons. The van der Waals surface area contributed by atoms with Crippen molar-refractivity contribution in [2.45, 2.75) is 6.61 Å². The normalized spacial score (nSPS) is 10.9. The first-order chi connectivity index (χ1) is 18.1. The van der Waals surface area contributed by atoms with Gasteiger partial charge in [0.1, 0.15) is 18.1 Å². The highest BCUT2D eigenvalue weighted by molar-refractivity contribution is 9.10. The van der Waals surface area contributed by atoms with Gasteiger partial charge in [0.2, 0.25) is 0 Å². The Balaban J connectivity index is 1.34. The van der Waals surface area contributed by atoms with Crippen molar-refractivity contribution in [3.63, 3.8) is 0 Å². The summed E-state index contributed by atoms with van der Waals surface area (Å²) in [6.07, 6.45) is 4.45. The minimum atomic E-state index is -0.528.